The first-order valence-corrected chi connectivity index (χ1v) is 4.81. The van der Waals surface area contributed by atoms with Gasteiger partial charge in [0.2, 0.25) is 0 Å². The summed E-state index contributed by atoms with van der Waals surface area (Å²) in [5, 5.41) is 2.96. The van der Waals surface area contributed by atoms with E-state index in [1.807, 2.05) is 14.0 Å². The van der Waals surface area contributed by atoms with Gasteiger partial charge in [-0.25, -0.2) is 0 Å². The maximum atomic E-state index is 5.61. The molecule has 0 radical (unpaired) electrons. The van der Waals surface area contributed by atoms with Crippen LogP contribution in [0.5, 0.6) is 0 Å². The molecule has 3 N–H and O–H groups in total. The van der Waals surface area contributed by atoms with Gasteiger partial charge in [0, 0.05) is 0 Å². The van der Waals surface area contributed by atoms with Crippen molar-refractivity contribution >= 4 is 0 Å². The molecule has 0 aromatic carbocycles. The molecule has 3 heteroatoms. The van der Waals surface area contributed by atoms with Gasteiger partial charge in [0.15, 0.2) is 0 Å². The molecule has 2 nitrogen and oxygen atoms in total. The average molecular weight is 209 g/mol. The Morgan fingerprint density at radius 3 is 2.15 bits per heavy atom. The van der Waals surface area contributed by atoms with E-state index in [0.29, 0.717) is 6.04 Å². The van der Waals surface area contributed by atoms with Gasteiger partial charge < -0.3 is 23.9 Å². The fourth-order valence-corrected chi connectivity index (χ4v) is 1.16. The van der Waals surface area contributed by atoms with Crippen LogP contribution in [0, 0.1) is 12.8 Å². The Labute approximate surface area is 126 Å². The molecule has 1 aliphatic carbocycles. The van der Waals surface area contributed by atoms with Crippen LogP contribution in [-0.4, -0.2) is 19.6 Å². The Balaban J connectivity index is 0. The molecule has 0 aromatic heterocycles. The van der Waals surface area contributed by atoms with Gasteiger partial charge in [-0.15, -0.1) is 6.54 Å². The van der Waals surface area contributed by atoms with Crippen molar-refractivity contribution in [3.8, 4) is 0 Å². The third-order valence-corrected chi connectivity index (χ3v) is 1.89. The minimum absolute atomic E-state index is 0. The van der Waals surface area contributed by atoms with Crippen molar-refractivity contribution in [2.24, 2.45) is 5.73 Å². The number of nitrogens with one attached hydrogen (secondary N) is 1. The van der Waals surface area contributed by atoms with E-state index in [-0.39, 0.29) is 51.4 Å². The molecule has 0 saturated heterocycles. The maximum absolute atomic E-state index is 5.61. The van der Waals surface area contributed by atoms with Crippen molar-refractivity contribution in [3.63, 3.8) is 0 Å². The minimum atomic E-state index is 0. The quantitative estimate of drug-likeness (QED) is 0.430. The van der Waals surface area contributed by atoms with E-state index >= 15 is 0 Å². The molecular formula is C10H22KN2-. The summed E-state index contributed by atoms with van der Waals surface area (Å²) in [6.07, 6.45) is 9.28. The van der Waals surface area contributed by atoms with Crippen LogP contribution in [-0.2, 0) is 0 Å². The molecule has 0 amide bonds. The third kappa shape index (κ3) is 13.6. The van der Waals surface area contributed by atoms with Gasteiger partial charge in [-0.3, -0.25) is 0 Å². The van der Waals surface area contributed by atoms with E-state index in [1.165, 1.54) is 25.7 Å². The Hall–Kier alpha value is 1.56. The van der Waals surface area contributed by atoms with Crippen molar-refractivity contribution in [1.29, 1.82) is 0 Å². The van der Waals surface area contributed by atoms with Crippen LogP contribution in [0.25, 0.3) is 0 Å². The topological polar surface area (TPSA) is 38.0 Å². The first-order chi connectivity index (χ1) is 5.81. The second-order valence-corrected chi connectivity index (χ2v) is 3.17. The standard InChI is InChI=1S/C6H12N.C4H10N.K/c7-6-4-2-1-3-5-6;1-3-4-5-2;/h1,6H,2-5,7H2;3,5H,4H2,1-2H3;/q2*-1;+1. The van der Waals surface area contributed by atoms with Gasteiger partial charge in [0.1, 0.15) is 0 Å². The molecule has 1 fully saturated rings. The van der Waals surface area contributed by atoms with Crippen LogP contribution in [0.3, 0.4) is 0 Å². The first kappa shape index (κ1) is 17.0. The van der Waals surface area contributed by atoms with Crippen LogP contribution in [0.15, 0.2) is 0 Å². The molecule has 0 aromatic rings. The normalized spacial score (nSPS) is 16.8. The van der Waals surface area contributed by atoms with Crippen LogP contribution in [0.1, 0.15) is 32.6 Å². The SMILES string of the molecule is C[CH-]CNC.NC1CC[CH-]CC1.[K+]. The van der Waals surface area contributed by atoms with Crippen LogP contribution < -0.4 is 62.4 Å². The molecule has 0 aliphatic heterocycles. The van der Waals surface area contributed by atoms with Crippen molar-refractivity contribution in [3.05, 3.63) is 12.8 Å². The Kier molecular flexibility index (Phi) is 17.7. The van der Waals surface area contributed by atoms with Crippen molar-refractivity contribution < 1.29 is 51.4 Å². The molecule has 0 heterocycles. The van der Waals surface area contributed by atoms with E-state index in [0.717, 1.165) is 6.54 Å². The fourth-order valence-electron chi connectivity index (χ4n) is 1.16. The zero-order valence-electron chi connectivity index (χ0n) is 9.34. The summed E-state index contributed by atoms with van der Waals surface area (Å²) in [6, 6.07) is 0.505. The van der Waals surface area contributed by atoms with Crippen molar-refractivity contribution in [2.75, 3.05) is 13.6 Å². The molecule has 1 rings (SSSR count). The summed E-state index contributed by atoms with van der Waals surface area (Å²) in [5.41, 5.74) is 5.61. The van der Waals surface area contributed by atoms with Crippen molar-refractivity contribution in [1.82, 2.24) is 5.32 Å². The third-order valence-electron chi connectivity index (χ3n) is 1.89. The van der Waals surface area contributed by atoms with Crippen LogP contribution >= 0.6 is 0 Å². The second kappa shape index (κ2) is 13.6. The number of rotatable bonds is 2. The predicted molar refractivity (Wildman–Crippen MR) is 54.6 cm³/mol. The summed E-state index contributed by atoms with van der Waals surface area (Å²) < 4.78 is 0. The molecule has 13 heavy (non-hydrogen) atoms. The number of hydrogen-bond acceptors (Lipinski definition) is 2. The Morgan fingerprint density at radius 1 is 1.46 bits per heavy atom. The molecule has 1 saturated carbocycles. The molecule has 0 unspecified atom stereocenters. The van der Waals surface area contributed by atoms with Gasteiger partial charge in [0.25, 0.3) is 0 Å². The van der Waals surface area contributed by atoms with E-state index in [4.69, 9.17) is 5.73 Å². The van der Waals surface area contributed by atoms with Gasteiger partial charge >= 0.3 is 51.4 Å². The van der Waals surface area contributed by atoms with Gasteiger partial charge in [-0.2, -0.15) is 19.8 Å². The summed E-state index contributed by atoms with van der Waals surface area (Å²) >= 11 is 0. The average Bonchev–Trinajstić information content (AvgIpc) is 2.08. The maximum Gasteiger partial charge on any atom is 1.00 e. The summed E-state index contributed by atoms with van der Waals surface area (Å²) in [6.45, 7) is 3.04. The summed E-state index contributed by atoms with van der Waals surface area (Å²) in [7, 11) is 1.93. The zero-order chi connectivity index (χ0) is 9.23. The van der Waals surface area contributed by atoms with Crippen LogP contribution in [0.4, 0.5) is 0 Å². The van der Waals surface area contributed by atoms with E-state index in [9.17, 15) is 0 Å². The molecular weight excluding hydrogens is 187 g/mol. The zero-order valence-corrected chi connectivity index (χ0v) is 12.5. The molecule has 0 atom stereocenters. The molecule has 0 spiro atoms. The molecule has 1 aliphatic rings. The minimum Gasteiger partial charge on any atom is -0.349 e. The van der Waals surface area contributed by atoms with Crippen LogP contribution in [0.2, 0.25) is 0 Å². The van der Waals surface area contributed by atoms with Gasteiger partial charge in [-0.1, -0.05) is 12.8 Å². The van der Waals surface area contributed by atoms with Gasteiger partial charge in [-0.05, 0) is 13.1 Å². The first-order valence-electron chi connectivity index (χ1n) is 4.81. The van der Waals surface area contributed by atoms with Crippen molar-refractivity contribution in [2.45, 2.75) is 38.6 Å². The monoisotopic (exact) mass is 209 g/mol. The number of hydrogen-bond donors (Lipinski definition) is 2. The Bertz CT molecular complexity index is 81.0. The largest absolute Gasteiger partial charge is 1.00 e. The summed E-state index contributed by atoms with van der Waals surface area (Å²) in [4.78, 5) is 0. The molecule has 0 bridgehead atoms. The molecule has 74 valence electrons. The second-order valence-electron chi connectivity index (χ2n) is 3.17. The predicted octanol–water partition coefficient (Wildman–Crippen LogP) is -1.47. The van der Waals surface area contributed by atoms with Gasteiger partial charge in [0.05, 0.1) is 0 Å². The smallest absolute Gasteiger partial charge is 0.349 e. The van der Waals surface area contributed by atoms with E-state index < -0.39 is 0 Å². The fraction of sp³-hybridized carbons (Fsp3) is 0.800. The Morgan fingerprint density at radius 2 is 2.00 bits per heavy atom. The van der Waals surface area contributed by atoms with E-state index in [1.54, 1.807) is 0 Å². The number of nitrogens with two attached hydrogens (primary N) is 1. The summed E-state index contributed by atoms with van der Waals surface area (Å²) in [5.74, 6) is 0. The van der Waals surface area contributed by atoms with E-state index in [2.05, 4.69) is 18.2 Å².